The summed E-state index contributed by atoms with van der Waals surface area (Å²) in [5, 5.41) is 4.94. The van der Waals surface area contributed by atoms with Crippen LogP contribution in [0.15, 0.2) is 52.1 Å². The lowest BCUT2D eigenvalue weighted by Gasteiger charge is -2.32. The van der Waals surface area contributed by atoms with Gasteiger partial charge < -0.3 is 9.42 Å². The van der Waals surface area contributed by atoms with E-state index < -0.39 is 0 Å². The van der Waals surface area contributed by atoms with E-state index in [4.69, 9.17) is 4.52 Å². The lowest BCUT2D eigenvalue weighted by Crippen LogP contribution is -2.40. The molecule has 1 fully saturated rings. The first-order valence-electron chi connectivity index (χ1n) is 9.82. The molecule has 1 aromatic carbocycles. The number of benzene rings is 1. The minimum Gasteiger partial charge on any atom is -0.339 e. The first-order valence-corrected chi connectivity index (χ1v) is 11.0. The van der Waals surface area contributed by atoms with E-state index in [2.05, 4.69) is 15.1 Å². The van der Waals surface area contributed by atoms with Gasteiger partial charge in [0.25, 0.3) is 5.91 Å². The topological polar surface area (TPSA) is 72.1 Å². The highest BCUT2D eigenvalue weighted by Gasteiger charge is 2.27. The van der Waals surface area contributed by atoms with Crippen molar-refractivity contribution in [1.29, 1.82) is 0 Å². The molecule has 1 saturated heterocycles. The number of pyridine rings is 1. The van der Waals surface area contributed by atoms with Crippen molar-refractivity contribution >= 4 is 17.7 Å². The Hall–Kier alpha value is -2.67. The Morgan fingerprint density at radius 3 is 2.97 bits per heavy atom. The zero-order chi connectivity index (χ0) is 20.2. The first-order chi connectivity index (χ1) is 14.2. The molecule has 29 heavy (non-hydrogen) atoms. The zero-order valence-electron chi connectivity index (χ0n) is 16.7. The average Bonchev–Trinajstić information content (AvgIpc) is 3.22. The maximum atomic E-state index is 13.0. The van der Waals surface area contributed by atoms with Gasteiger partial charge in [0.1, 0.15) is 5.03 Å². The van der Waals surface area contributed by atoms with Gasteiger partial charge in [-0.2, -0.15) is 4.98 Å². The van der Waals surface area contributed by atoms with Crippen molar-refractivity contribution in [3.63, 3.8) is 0 Å². The molecule has 1 atom stereocenters. The minimum absolute atomic E-state index is 0.0540. The summed E-state index contributed by atoms with van der Waals surface area (Å²) >= 11 is 1.50. The van der Waals surface area contributed by atoms with E-state index in [0.717, 1.165) is 35.5 Å². The smallest absolute Gasteiger partial charge is 0.256 e. The van der Waals surface area contributed by atoms with Crippen LogP contribution >= 0.6 is 11.8 Å². The molecule has 1 aliphatic rings. The summed E-state index contributed by atoms with van der Waals surface area (Å²) in [6.07, 6.45) is 6.38. The zero-order valence-corrected chi connectivity index (χ0v) is 17.5. The number of aryl methyl sites for hydroxylation is 1. The maximum Gasteiger partial charge on any atom is 0.256 e. The third-order valence-electron chi connectivity index (χ3n) is 5.32. The minimum atomic E-state index is 0.0540. The number of rotatable bonds is 5. The van der Waals surface area contributed by atoms with Crippen LogP contribution in [-0.4, -0.2) is 45.3 Å². The number of thioether (sulfide) groups is 1. The van der Waals surface area contributed by atoms with Gasteiger partial charge in [-0.15, -0.1) is 11.8 Å². The van der Waals surface area contributed by atoms with Crippen LogP contribution in [0.25, 0.3) is 11.4 Å². The Balaban J connectivity index is 1.44. The molecule has 0 N–H and O–H groups in total. The summed E-state index contributed by atoms with van der Waals surface area (Å²) in [7, 11) is 0. The van der Waals surface area contributed by atoms with Gasteiger partial charge in [0.2, 0.25) is 11.7 Å². The van der Waals surface area contributed by atoms with Gasteiger partial charge in [0.15, 0.2) is 0 Å². The fourth-order valence-electron chi connectivity index (χ4n) is 3.82. The summed E-state index contributed by atoms with van der Waals surface area (Å²) < 4.78 is 5.52. The van der Waals surface area contributed by atoms with E-state index in [1.165, 1.54) is 11.8 Å². The van der Waals surface area contributed by atoms with E-state index >= 15 is 0 Å². The van der Waals surface area contributed by atoms with Gasteiger partial charge in [-0.05, 0) is 49.6 Å². The molecule has 6 nitrogen and oxygen atoms in total. The quantitative estimate of drug-likeness (QED) is 0.588. The van der Waals surface area contributed by atoms with E-state index in [1.807, 2.05) is 54.5 Å². The van der Waals surface area contributed by atoms with Gasteiger partial charge in [0, 0.05) is 31.3 Å². The van der Waals surface area contributed by atoms with Crippen LogP contribution in [0.3, 0.4) is 0 Å². The van der Waals surface area contributed by atoms with Crippen molar-refractivity contribution in [2.45, 2.75) is 31.2 Å². The molecule has 1 aliphatic heterocycles. The molecule has 0 radical (unpaired) electrons. The summed E-state index contributed by atoms with van der Waals surface area (Å²) in [6.45, 7) is 3.51. The van der Waals surface area contributed by atoms with Gasteiger partial charge >= 0.3 is 0 Å². The van der Waals surface area contributed by atoms with E-state index in [1.54, 1.807) is 6.20 Å². The number of aromatic nitrogens is 3. The number of nitrogens with zero attached hydrogens (tertiary/aromatic N) is 4. The predicted molar refractivity (Wildman–Crippen MR) is 113 cm³/mol. The van der Waals surface area contributed by atoms with Crippen LogP contribution in [0.4, 0.5) is 0 Å². The average molecular weight is 409 g/mol. The molecule has 7 heteroatoms. The number of hydrogen-bond acceptors (Lipinski definition) is 6. The van der Waals surface area contributed by atoms with Gasteiger partial charge in [-0.3, -0.25) is 4.79 Å². The number of amides is 1. The van der Waals surface area contributed by atoms with Crippen LogP contribution in [0.5, 0.6) is 0 Å². The van der Waals surface area contributed by atoms with Crippen molar-refractivity contribution < 1.29 is 9.32 Å². The highest BCUT2D eigenvalue weighted by molar-refractivity contribution is 7.98. The number of carbonyl (C=O) groups is 1. The second kappa shape index (κ2) is 8.78. The summed E-state index contributed by atoms with van der Waals surface area (Å²) in [5.74, 6) is 1.63. The highest BCUT2D eigenvalue weighted by Crippen LogP contribution is 2.26. The Labute approximate surface area is 174 Å². The lowest BCUT2D eigenvalue weighted by atomic mass is 9.94. The van der Waals surface area contributed by atoms with E-state index in [9.17, 15) is 4.79 Å². The summed E-state index contributed by atoms with van der Waals surface area (Å²) in [4.78, 5) is 23.9. The molecule has 4 rings (SSSR count). The Kier molecular flexibility index (Phi) is 5.94. The first kappa shape index (κ1) is 19.6. The van der Waals surface area contributed by atoms with Crippen LogP contribution in [0.2, 0.25) is 0 Å². The Morgan fingerprint density at radius 2 is 2.14 bits per heavy atom. The SMILES string of the molecule is CSc1ncccc1C(=O)N1CCC[C@H](Cc2nc(-c3ccccc3C)no2)C1. The van der Waals surface area contributed by atoms with Crippen LogP contribution in [-0.2, 0) is 6.42 Å². The standard InChI is InChI=1S/C22H24N4O2S/c1-15-7-3-4-9-17(15)20-24-19(28-25-20)13-16-8-6-12-26(14-16)22(27)18-10-5-11-23-21(18)29-2/h3-5,7,9-11,16H,6,8,12-14H2,1-2H3/t16-/m1/s1. The van der Waals surface area contributed by atoms with Crippen LogP contribution < -0.4 is 0 Å². The largest absolute Gasteiger partial charge is 0.339 e. The monoisotopic (exact) mass is 408 g/mol. The van der Waals surface area contributed by atoms with E-state index in [-0.39, 0.29) is 5.91 Å². The molecule has 3 aromatic rings. The summed E-state index contributed by atoms with van der Waals surface area (Å²) in [5.41, 5.74) is 2.79. The highest BCUT2D eigenvalue weighted by atomic mass is 32.2. The number of hydrogen-bond donors (Lipinski definition) is 0. The molecular formula is C22H24N4O2S. The third kappa shape index (κ3) is 4.34. The van der Waals surface area contributed by atoms with Crippen molar-refractivity contribution in [3.8, 4) is 11.4 Å². The van der Waals surface area contributed by atoms with Crippen LogP contribution in [0.1, 0.15) is 34.7 Å². The fraction of sp³-hybridized carbons (Fsp3) is 0.364. The van der Waals surface area contributed by atoms with Gasteiger partial charge in [-0.25, -0.2) is 4.98 Å². The molecule has 0 unspecified atom stereocenters. The molecule has 3 heterocycles. The van der Waals surface area contributed by atoms with Crippen molar-refractivity contribution in [3.05, 3.63) is 59.6 Å². The fourth-order valence-corrected chi connectivity index (χ4v) is 4.36. The Bertz CT molecular complexity index is 1000. The van der Waals surface area contributed by atoms with Gasteiger partial charge in [-0.1, -0.05) is 29.4 Å². The molecule has 0 spiro atoms. The molecule has 150 valence electrons. The molecule has 0 aliphatic carbocycles. The van der Waals surface area contributed by atoms with Crippen LogP contribution in [0, 0.1) is 12.8 Å². The second-order valence-electron chi connectivity index (χ2n) is 7.35. The molecular weight excluding hydrogens is 384 g/mol. The normalized spacial score (nSPS) is 16.8. The predicted octanol–water partition coefficient (Wildman–Crippen LogP) is 4.26. The lowest BCUT2D eigenvalue weighted by molar-refractivity contribution is 0.0664. The third-order valence-corrected chi connectivity index (χ3v) is 6.03. The van der Waals surface area contributed by atoms with Crippen molar-refractivity contribution in [1.82, 2.24) is 20.0 Å². The molecule has 0 saturated carbocycles. The second-order valence-corrected chi connectivity index (χ2v) is 8.15. The summed E-state index contributed by atoms with van der Waals surface area (Å²) in [6, 6.07) is 11.7. The Morgan fingerprint density at radius 1 is 1.28 bits per heavy atom. The number of piperidine rings is 1. The van der Waals surface area contributed by atoms with Crippen molar-refractivity contribution in [2.24, 2.45) is 5.92 Å². The molecule has 0 bridgehead atoms. The number of likely N-dealkylation sites (tertiary alicyclic amines) is 1. The maximum absolute atomic E-state index is 13.0. The number of carbonyl (C=O) groups excluding carboxylic acids is 1. The molecule has 1 amide bonds. The van der Waals surface area contributed by atoms with Gasteiger partial charge in [0.05, 0.1) is 5.56 Å². The molecule has 2 aromatic heterocycles. The van der Waals surface area contributed by atoms with E-state index in [0.29, 0.717) is 36.2 Å². The van der Waals surface area contributed by atoms with Crippen molar-refractivity contribution in [2.75, 3.05) is 19.3 Å².